The lowest BCUT2D eigenvalue weighted by atomic mass is 10.1. The van der Waals surface area contributed by atoms with Crippen LogP contribution in [0.2, 0.25) is 0 Å². The van der Waals surface area contributed by atoms with Gasteiger partial charge >= 0.3 is 6.18 Å². The van der Waals surface area contributed by atoms with Crippen LogP contribution >= 0.6 is 0 Å². The van der Waals surface area contributed by atoms with Crippen LogP contribution in [0.5, 0.6) is 0 Å². The van der Waals surface area contributed by atoms with Crippen LogP contribution < -0.4 is 10.0 Å². The van der Waals surface area contributed by atoms with Gasteiger partial charge in [-0.1, -0.05) is 18.2 Å². The predicted molar refractivity (Wildman–Crippen MR) is 119 cm³/mol. The van der Waals surface area contributed by atoms with Crippen LogP contribution in [0, 0.1) is 24.0 Å². The molecule has 34 heavy (non-hydrogen) atoms. The normalized spacial score (nSPS) is 11.7. The summed E-state index contributed by atoms with van der Waals surface area (Å²) >= 11 is 0. The number of benzene rings is 3. The second kappa shape index (κ2) is 9.14. The van der Waals surface area contributed by atoms with Crippen molar-refractivity contribution < 1.29 is 31.3 Å². The Bertz CT molecular complexity index is 1390. The summed E-state index contributed by atoms with van der Waals surface area (Å²) in [5.41, 5.74) is -0.638. The summed E-state index contributed by atoms with van der Waals surface area (Å²) in [6.45, 7) is 3.10. The summed E-state index contributed by atoms with van der Waals surface area (Å²) in [5, 5.41) is 13.3. The van der Waals surface area contributed by atoms with E-state index in [1.165, 1.54) is 37.3 Å². The molecule has 1 amide bonds. The maximum atomic E-state index is 12.9. The number of anilines is 2. The molecular weight excluding hydrogens is 475 g/mol. The number of carbonyl (C=O) groups excluding carboxylic acids is 1. The average Bonchev–Trinajstić information content (AvgIpc) is 2.74. The highest BCUT2D eigenvalue weighted by Crippen LogP contribution is 2.31. The highest BCUT2D eigenvalue weighted by atomic mass is 32.2. The second-order valence-electron chi connectivity index (χ2n) is 7.37. The van der Waals surface area contributed by atoms with Crippen molar-refractivity contribution in [1.29, 1.82) is 0 Å². The maximum Gasteiger partial charge on any atom is 0.416 e. The predicted octanol–water partition coefficient (Wildman–Crippen LogP) is 5.28. The third-order valence-electron chi connectivity index (χ3n) is 4.89. The standard InChI is InChI=1S/C22H18F3N3O5S/c1-13-7-9-18(34(32,33)27-20-11-17(28(30)31)8-6-14(20)2)12-19(13)21(29)26-16-5-3-4-15(10-16)22(23,24)25/h3-12,27H,1-2H3,(H,26,29). The molecule has 0 bridgehead atoms. The monoisotopic (exact) mass is 493 g/mol. The van der Waals surface area contributed by atoms with E-state index in [1.54, 1.807) is 6.92 Å². The van der Waals surface area contributed by atoms with E-state index in [0.717, 1.165) is 30.3 Å². The zero-order valence-electron chi connectivity index (χ0n) is 17.8. The van der Waals surface area contributed by atoms with E-state index in [1.807, 2.05) is 0 Å². The molecule has 8 nitrogen and oxygen atoms in total. The molecule has 0 heterocycles. The number of aryl methyl sites for hydroxylation is 2. The molecule has 0 aliphatic carbocycles. The van der Waals surface area contributed by atoms with Crippen molar-refractivity contribution in [2.24, 2.45) is 0 Å². The maximum absolute atomic E-state index is 12.9. The Balaban J connectivity index is 1.91. The van der Waals surface area contributed by atoms with Gasteiger partial charge in [-0.3, -0.25) is 19.6 Å². The van der Waals surface area contributed by atoms with Crippen LogP contribution in [0.1, 0.15) is 27.0 Å². The molecule has 2 N–H and O–H groups in total. The molecule has 0 unspecified atom stereocenters. The number of carbonyl (C=O) groups is 1. The molecule has 0 aliphatic heterocycles. The molecule has 0 atom stereocenters. The van der Waals surface area contributed by atoms with E-state index >= 15 is 0 Å². The summed E-state index contributed by atoms with van der Waals surface area (Å²) in [7, 11) is -4.25. The number of non-ortho nitro benzene ring substituents is 1. The summed E-state index contributed by atoms with van der Waals surface area (Å²) < 4.78 is 66.8. The van der Waals surface area contributed by atoms with Crippen molar-refractivity contribution in [2.75, 3.05) is 10.0 Å². The van der Waals surface area contributed by atoms with Gasteiger partial charge in [0.25, 0.3) is 21.6 Å². The molecule has 0 spiro atoms. The number of nitro groups is 1. The fraction of sp³-hybridized carbons (Fsp3) is 0.136. The SMILES string of the molecule is Cc1ccc([N+](=O)[O-])cc1NS(=O)(=O)c1ccc(C)c(C(=O)Nc2cccc(C(F)(F)F)c2)c1. The fourth-order valence-corrected chi connectivity index (χ4v) is 4.17. The first-order valence-corrected chi connectivity index (χ1v) is 11.1. The molecule has 3 aromatic carbocycles. The quantitative estimate of drug-likeness (QED) is 0.358. The summed E-state index contributed by atoms with van der Waals surface area (Å²) in [6.07, 6.45) is -4.60. The fourth-order valence-electron chi connectivity index (χ4n) is 3.02. The minimum Gasteiger partial charge on any atom is -0.322 e. The molecule has 12 heteroatoms. The third-order valence-corrected chi connectivity index (χ3v) is 6.25. The molecule has 3 aromatic rings. The van der Waals surface area contributed by atoms with Crippen molar-refractivity contribution in [3.63, 3.8) is 0 Å². The smallest absolute Gasteiger partial charge is 0.322 e. The molecule has 0 aromatic heterocycles. The number of nitro benzene ring substituents is 1. The van der Waals surface area contributed by atoms with Crippen molar-refractivity contribution in [1.82, 2.24) is 0 Å². The lowest BCUT2D eigenvalue weighted by molar-refractivity contribution is -0.384. The molecule has 0 aliphatic rings. The minimum atomic E-state index is -4.60. The molecule has 0 saturated heterocycles. The number of sulfonamides is 1. The van der Waals surface area contributed by atoms with Crippen molar-refractivity contribution in [3.8, 4) is 0 Å². The zero-order valence-corrected chi connectivity index (χ0v) is 18.6. The Kier molecular flexibility index (Phi) is 6.64. The van der Waals surface area contributed by atoms with Gasteiger partial charge in [0, 0.05) is 23.4 Å². The summed E-state index contributed by atoms with van der Waals surface area (Å²) in [5.74, 6) is -0.805. The largest absolute Gasteiger partial charge is 0.416 e. The first kappa shape index (κ1) is 24.7. The zero-order chi connectivity index (χ0) is 25.3. The van der Waals surface area contributed by atoms with Crippen LogP contribution in [0.4, 0.5) is 30.2 Å². The average molecular weight is 493 g/mol. The Morgan fingerprint density at radius 3 is 2.29 bits per heavy atom. The van der Waals surface area contributed by atoms with E-state index in [2.05, 4.69) is 10.0 Å². The van der Waals surface area contributed by atoms with Gasteiger partial charge in [-0.2, -0.15) is 13.2 Å². The molecular formula is C22H18F3N3O5S. The lowest BCUT2D eigenvalue weighted by Crippen LogP contribution is -2.18. The van der Waals surface area contributed by atoms with Crippen LogP contribution in [-0.4, -0.2) is 19.2 Å². The molecule has 0 radical (unpaired) electrons. The lowest BCUT2D eigenvalue weighted by Gasteiger charge is -2.14. The highest BCUT2D eigenvalue weighted by molar-refractivity contribution is 7.92. The van der Waals surface area contributed by atoms with Crippen LogP contribution in [0.15, 0.2) is 65.6 Å². The van der Waals surface area contributed by atoms with E-state index < -0.39 is 32.6 Å². The van der Waals surface area contributed by atoms with Gasteiger partial charge in [0.05, 0.1) is 21.1 Å². The minimum absolute atomic E-state index is 0.00950. The Hall–Kier alpha value is -3.93. The summed E-state index contributed by atoms with van der Waals surface area (Å²) in [4.78, 5) is 22.8. The number of nitrogens with one attached hydrogen (secondary N) is 2. The first-order valence-electron chi connectivity index (χ1n) is 9.65. The first-order chi connectivity index (χ1) is 15.8. The molecule has 0 saturated carbocycles. The van der Waals surface area contributed by atoms with Crippen LogP contribution in [0.3, 0.4) is 0 Å². The number of alkyl halides is 3. The number of amides is 1. The van der Waals surface area contributed by atoms with Gasteiger partial charge in [-0.25, -0.2) is 8.42 Å². The number of hydrogen-bond acceptors (Lipinski definition) is 5. The molecule has 3 rings (SSSR count). The Labute approximate surface area is 192 Å². The molecule has 178 valence electrons. The number of rotatable bonds is 6. The van der Waals surface area contributed by atoms with Crippen molar-refractivity contribution in [3.05, 3.63) is 93.0 Å². The van der Waals surface area contributed by atoms with E-state index in [0.29, 0.717) is 11.1 Å². The van der Waals surface area contributed by atoms with Crippen LogP contribution in [-0.2, 0) is 16.2 Å². The van der Waals surface area contributed by atoms with Crippen LogP contribution in [0.25, 0.3) is 0 Å². The van der Waals surface area contributed by atoms with E-state index in [4.69, 9.17) is 0 Å². The molecule has 0 fully saturated rings. The Morgan fingerprint density at radius 2 is 1.65 bits per heavy atom. The number of halogens is 3. The highest BCUT2D eigenvalue weighted by Gasteiger charge is 2.30. The van der Waals surface area contributed by atoms with Gasteiger partial charge in [0.15, 0.2) is 0 Å². The van der Waals surface area contributed by atoms with E-state index in [-0.39, 0.29) is 27.5 Å². The topological polar surface area (TPSA) is 118 Å². The van der Waals surface area contributed by atoms with Crippen molar-refractivity contribution in [2.45, 2.75) is 24.9 Å². The third kappa shape index (κ3) is 5.52. The van der Waals surface area contributed by atoms with Gasteiger partial charge in [0.2, 0.25) is 0 Å². The summed E-state index contributed by atoms with van der Waals surface area (Å²) in [6, 6.07) is 11.4. The second-order valence-corrected chi connectivity index (χ2v) is 9.05. The van der Waals surface area contributed by atoms with Gasteiger partial charge in [-0.05, 0) is 55.3 Å². The number of nitrogens with zero attached hydrogens (tertiary/aromatic N) is 1. The Morgan fingerprint density at radius 1 is 0.971 bits per heavy atom. The van der Waals surface area contributed by atoms with E-state index in [9.17, 15) is 36.5 Å². The van der Waals surface area contributed by atoms with Crippen molar-refractivity contribution >= 4 is 33.0 Å². The van der Waals surface area contributed by atoms with Gasteiger partial charge < -0.3 is 5.32 Å². The number of hydrogen-bond donors (Lipinski definition) is 2. The van der Waals surface area contributed by atoms with Gasteiger partial charge in [0.1, 0.15) is 0 Å². The van der Waals surface area contributed by atoms with Gasteiger partial charge in [-0.15, -0.1) is 0 Å².